The molecule has 4 rings (SSSR count). The molecular weight excluding hydrogens is 510 g/mol. The molecule has 0 radical (unpaired) electrons. The molecule has 0 saturated carbocycles. The minimum Gasteiger partial charge on any atom is -0.394 e. The van der Waals surface area contributed by atoms with Gasteiger partial charge in [0, 0.05) is 28.8 Å². The second-order valence-corrected chi connectivity index (χ2v) is 8.42. The van der Waals surface area contributed by atoms with Crippen molar-refractivity contribution in [3.8, 4) is 22.4 Å². The highest BCUT2D eigenvalue weighted by molar-refractivity contribution is 9.10. The van der Waals surface area contributed by atoms with E-state index >= 15 is 0 Å². The Hall–Kier alpha value is -3.70. The fourth-order valence-electron chi connectivity index (χ4n) is 3.51. The number of nitrogens with two attached hydrogens (primary N) is 1. The molecule has 0 saturated heterocycles. The largest absolute Gasteiger partial charge is 0.394 e. The van der Waals surface area contributed by atoms with E-state index in [0.717, 1.165) is 0 Å². The summed E-state index contributed by atoms with van der Waals surface area (Å²) in [6.07, 6.45) is 3.13. The van der Waals surface area contributed by atoms with Gasteiger partial charge in [-0.3, -0.25) is 4.79 Å². The van der Waals surface area contributed by atoms with E-state index in [9.17, 15) is 18.7 Å². The third-order valence-corrected chi connectivity index (χ3v) is 5.69. The van der Waals surface area contributed by atoms with Gasteiger partial charge >= 0.3 is 0 Å². The molecule has 0 spiro atoms. The van der Waals surface area contributed by atoms with Gasteiger partial charge in [-0.05, 0) is 47.5 Å². The van der Waals surface area contributed by atoms with Crippen molar-refractivity contribution in [2.45, 2.75) is 6.04 Å². The smallest absolute Gasteiger partial charge is 0.254 e. The maximum atomic E-state index is 15.0. The normalized spacial score (nSPS) is 11.9. The van der Waals surface area contributed by atoms with Crippen LogP contribution in [0.15, 0.2) is 59.3 Å². The number of anilines is 1. The van der Waals surface area contributed by atoms with Gasteiger partial charge in [-0.15, -0.1) is 5.10 Å². The number of hydrogen-bond donors (Lipinski definition) is 3. The standard InChI is InChI=1S/C23H19BrF2N6O2/c1-32-21(10-29-31-32)14-6-18(22(27)28-9-14)12-2-3-17(19(26)7-12)23(34)30-20(11-33)13-4-15(24)8-16(25)5-13/h2-10,20,33H,11H2,1H3,(H2,27,28)(H,30,34)/t20-/m1/s1. The van der Waals surface area contributed by atoms with Gasteiger partial charge in [-0.25, -0.2) is 18.4 Å². The van der Waals surface area contributed by atoms with E-state index in [1.807, 2.05) is 0 Å². The SMILES string of the molecule is Cn1nncc1-c1cnc(N)c(-c2ccc(C(=O)N[C@H](CO)c3cc(F)cc(Br)c3)c(F)c2)c1. The van der Waals surface area contributed by atoms with Gasteiger partial charge in [0.25, 0.3) is 5.91 Å². The van der Waals surface area contributed by atoms with Crippen molar-refractivity contribution in [1.29, 1.82) is 0 Å². The first-order valence-corrected chi connectivity index (χ1v) is 10.8. The van der Waals surface area contributed by atoms with Crippen LogP contribution in [0, 0.1) is 11.6 Å². The first-order chi connectivity index (χ1) is 16.3. The molecule has 174 valence electrons. The number of nitrogen functional groups attached to an aromatic ring is 1. The fraction of sp³-hybridized carbons (Fsp3) is 0.130. The van der Waals surface area contributed by atoms with Gasteiger partial charge in [0.15, 0.2) is 0 Å². The molecule has 1 atom stereocenters. The van der Waals surface area contributed by atoms with Gasteiger partial charge in [0.05, 0.1) is 30.1 Å². The summed E-state index contributed by atoms with van der Waals surface area (Å²) in [4.78, 5) is 16.9. The van der Waals surface area contributed by atoms with E-state index in [0.29, 0.717) is 32.4 Å². The molecular formula is C23H19BrF2N6O2. The molecule has 0 unspecified atom stereocenters. The lowest BCUT2D eigenvalue weighted by atomic mass is 10.0. The lowest BCUT2D eigenvalue weighted by Gasteiger charge is -2.18. The first kappa shape index (κ1) is 23.5. The first-order valence-electron chi connectivity index (χ1n) is 10.0. The Morgan fingerprint density at radius 3 is 2.62 bits per heavy atom. The molecule has 11 heteroatoms. The van der Waals surface area contributed by atoms with E-state index in [1.165, 1.54) is 24.3 Å². The maximum Gasteiger partial charge on any atom is 0.254 e. The number of aliphatic hydroxyl groups excluding tert-OH is 1. The number of aromatic nitrogens is 4. The molecule has 2 aromatic heterocycles. The summed E-state index contributed by atoms with van der Waals surface area (Å²) >= 11 is 3.17. The highest BCUT2D eigenvalue weighted by Gasteiger charge is 2.20. The van der Waals surface area contributed by atoms with Crippen molar-refractivity contribution < 1.29 is 18.7 Å². The molecule has 0 aliphatic heterocycles. The quantitative estimate of drug-likeness (QED) is 0.351. The number of aliphatic hydroxyl groups is 1. The number of carbonyl (C=O) groups excluding carboxylic acids is 1. The second-order valence-electron chi connectivity index (χ2n) is 7.51. The number of amides is 1. The van der Waals surface area contributed by atoms with E-state index in [2.05, 4.69) is 36.5 Å². The average molecular weight is 529 g/mol. The summed E-state index contributed by atoms with van der Waals surface area (Å²) < 4.78 is 30.7. The number of pyridine rings is 1. The van der Waals surface area contributed by atoms with E-state index < -0.39 is 30.2 Å². The Morgan fingerprint density at radius 2 is 1.97 bits per heavy atom. The fourth-order valence-corrected chi connectivity index (χ4v) is 3.99. The number of carbonyl (C=O) groups is 1. The summed E-state index contributed by atoms with van der Waals surface area (Å²) in [6.45, 7) is -0.501. The van der Waals surface area contributed by atoms with Crippen LogP contribution in [0.4, 0.5) is 14.6 Å². The highest BCUT2D eigenvalue weighted by Crippen LogP contribution is 2.30. The molecule has 0 aliphatic carbocycles. The molecule has 8 nitrogen and oxygen atoms in total. The van der Waals surface area contributed by atoms with E-state index in [1.54, 1.807) is 42.3 Å². The van der Waals surface area contributed by atoms with Gasteiger partial charge < -0.3 is 16.2 Å². The number of halogens is 3. The van der Waals surface area contributed by atoms with Crippen LogP contribution < -0.4 is 11.1 Å². The Labute approximate surface area is 201 Å². The van der Waals surface area contributed by atoms with Crippen molar-refractivity contribution in [2.24, 2.45) is 7.05 Å². The van der Waals surface area contributed by atoms with Crippen LogP contribution in [-0.2, 0) is 7.05 Å². The molecule has 0 bridgehead atoms. The Morgan fingerprint density at radius 1 is 1.18 bits per heavy atom. The van der Waals surface area contributed by atoms with Crippen LogP contribution in [0.1, 0.15) is 22.0 Å². The van der Waals surface area contributed by atoms with Crippen LogP contribution >= 0.6 is 15.9 Å². The van der Waals surface area contributed by atoms with Crippen LogP contribution in [0.3, 0.4) is 0 Å². The number of aryl methyl sites for hydroxylation is 1. The predicted molar refractivity (Wildman–Crippen MR) is 125 cm³/mol. The molecule has 4 aromatic rings. The van der Waals surface area contributed by atoms with Crippen LogP contribution in [-0.4, -0.2) is 37.6 Å². The lowest BCUT2D eigenvalue weighted by Crippen LogP contribution is -2.31. The van der Waals surface area contributed by atoms with Crippen molar-refractivity contribution in [1.82, 2.24) is 25.3 Å². The molecule has 1 amide bonds. The molecule has 2 aromatic carbocycles. The van der Waals surface area contributed by atoms with Crippen LogP contribution in [0.25, 0.3) is 22.4 Å². The van der Waals surface area contributed by atoms with Crippen molar-refractivity contribution in [3.05, 3.63) is 82.1 Å². The number of nitrogens with one attached hydrogen (secondary N) is 1. The Kier molecular flexibility index (Phi) is 6.66. The third kappa shape index (κ3) is 4.80. The second kappa shape index (κ2) is 9.65. The summed E-state index contributed by atoms with van der Waals surface area (Å²) in [5, 5.41) is 20.0. The number of hydrogen-bond acceptors (Lipinski definition) is 6. The maximum absolute atomic E-state index is 15.0. The number of rotatable bonds is 6. The lowest BCUT2D eigenvalue weighted by molar-refractivity contribution is 0.0912. The van der Waals surface area contributed by atoms with Crippen molar-refractivity contribution >= 4 is 27.7 Å². The molecule has 0 fully saturated rings. The van der Waals surface area contributed by atoms with Crippen molar-refractivity contribution in [3.63, 3.8) is 0 Å². The summed E-state index contributed by atoms with van der Waals surface area (Å²) in [5.41, 5.74) is 8.39. The van der Waals surface area contributed by atoms with Crippen molar-refractivity contribution in [2.75, 3.05) is 12.3 Å². The zero-order valence-corrected chi connectivity index (χ0v) is 19.4. The molecule has 2 heterocycles. The predicted octanol–water partition coefficient (Wildman–Crippen LogP) is 3.63. The molecule has 0 aliphatic rings. The minimum absolute atomic E-state index is 0.188. The highest BCUT2D eigenvalue weighted by atomic mass is 79.9. The molecule has 34 heavy (non-hydrogen) atoms. The Bertz CT molecular complexity index is 1360. The summed E-state index contributed by atoms with van der Waals surface area (Å²) in [7, 11) is 1.73. The van der Waals surface area contributed by atoms with E-state index in [4.69, 9.17) is 5.73 Å². The van der Waals surface area contributed by atoms with Gasteiger partial charge in [0.1, 0.15) is 17.5 Å². The molecule has 4 N–H and O–H groups in total. The van der Waals surface area contributed by atoms with E-state index in [-0.39, 0.29) is 11.4 Å². The summed E-state index contributed by atoms with van der Waals surface area (Å²) in [5.74, 6) is -1.90. The average Bonchev–Trinajstić information content (AvgIpc) is 3.22. The van der Waals surface area contributed by atoms with Gasteiger partial charge in [-0.1, -0.05) is 27.2 Å². The zero-order valence-electron chi connectivity index (χ0n) is 17.8. The number of nitrogens with zero attached hydrogens (tertiary/aromatic N) is 4. The van der Waals surface area contributed by atoms with Gasteiger partial charge in [0.2, 0.25) is 0 Å². The number of benzene rings is 2. The van der Waals surface area contributed by atoms with Crippen LogP contribution in [0.5, 0.6) is 0 Å². The minimum atomic E-state index is -0.928. The monoisotopic (exact) mass is 528 g/mol. The Balaban J connectivity index is 1.61. The summed E-state index contributed by atoms with van der Waals surface area (Å²) in [6, 6.07) is 8.84. The van der Waals surface area contributed by atoms with Crippen LogP contribution in [0.2, 0.25) is 0 Å². The zero-order chi connectivity index (χ0) is 24.4. The topological polar surface area (TPSA) is 119 Å². The third-order valence-electron chi connectivity index (χ3n) is 5.23. The van der Waals surface area contributed by atoms with Gasteiger partial charge in [-0.2, -0.15) is 0 Å².